The molecule has 1 aliphatic rings. The molecule has 1 heterocycles. The summed E-state index contributed by atoms with van der Waals surface area (Å²) in [5, 5.41) is 4.45. The van der Waals surface area contributed by atoms with Gasteiger partial charge in [-0.25, -0.2) is 0 Å². The number of nitrogens with one attached hydrogen (secondary N) is 1. The summed E-state index contributed by atoms with van der Waals surface area (Å²) in [6.07, 6.45) is 0. The van der Waals surface area contributed by atoms with Gasteiger partial charge in [-0.3, -0.25) is 0 Å². The molecule has 0 spiro atoms. The predicted molar refractivity (Wildman–Crippen MR) is 98.2 cm³/mol. The van der Waals surface area contributed by atoms with Crippen molar-refractivity contribution in [3.05, 3.63) is 69.1 Å². The molecule has 0 unspecified atom stereocenters. The molecule has 2 aromatic carbocycles. The molecule has 118 valence electrons. The van der Waals surface area contributed by atoms with Crippen molar-refractivity contribution in [1.82, 2.24) is 5.43 Å². The lowest BCUT2D eigenvalue weighted by atomic mass is 10.1. The summed E-state index contributed by atoms with van der Waals surface area (Å²) in [4.78, 5) is 0. The summed E-state index contributed by atoms with van der Waals surface area (Å²) in [5.41, 5.74) is 5.83. The first-order valence-electron chi connectivity index (χ1n) is 6.93. The van der Waals surface area contributed by atoms with E-state index in [1.54, 1.807) is 0 Å². The number of halogens is 2. The van der Waals surface area contributed by atoms with E-state index >= 15 is 0 Å². The van der Waals surface area contributed by atoms with Crippen LogP contribution in [0.15, 0.2) is 63.1 Å². The van der Waals surface area contributed by atoms with Crippen molar-refractivity contribution in [2.75, 3.05) is 6.79 Å². The van der Waals surface area contributed by atoms with Crippen LogP contribution >= 0.6 is 31.9 Å². The Labute approximate surface area is 151 Å². The van der Waals surface area contributed by atoms with E-state index in [1.807, 2.05) is 42.5 Å². The second-order valence-electron chi connectivity index (χ2n) is 4.90. The third kappa shape index (κ3) is 3.95. The van der Waals surface area contributed by atoms with Gasteiger partial charge < -0.3 is 14.9 Å². The van der Waals surface area contributed by atoms with Crippen molar-refractivity contribution < 1.29 is 9.47 Å². The summed E-state index contributed by atoms with van der Waals surface area (Å²) in [5.74, 6) is 1.46. The number of nitrogens with zero attached hydrogens (tertiary/aromatic N) is 1. The first-order valence-corrected chi connectivity index (χ1v) is 8.52. The highest BCUT2D eigenvalue weighted by atomic mass is 79.9. The third-order valence-electron chi connectivity index (χ3n) is 3.27. The van der Waals surface area contributed by atoms with Gasteiger partial charge >= 0.3 is 0 Å². The molecular weight excluding hydrogens is 424 g/mol. The number of allylic oxidation sites excluding steroid dienone is 1. The quantitative estimate of drug-likeness (QED) is 0.549. The van der Waals surface area contributed by atoms with Gasteiger partial charge in [0.25, 0.3) is 0 Å². The molecular formula is C17H14Br2N2O2. The minimum absolute atomic E-state index is 0.252. The van der Waals surface area contributed by atoms with Crippen LogP contribution in [-0.2, 0) is 6.54 Å². The normalized spacial score (nSPS) is 13.0. The summed E-state index contributed by atoms with van der Waals surface area (Å²) >= 11 is 6.87. The zero-order chi connectivity index (χ0) is 16.2. The molecule has 0 saturated heterocycles. The first kappa shape index (κ1) is 16.1. The average Bonchev–Trinajstić information content (AvgIpc) is 2.99. The fraction of sp³-hybridized carbons (Fsp3) is 0.118. The van der Waals surface area contributed by atoms with Crippen molar-refractivity contribution >= 4 is 37.6 Å². The fourth-order valence-corrected chi connectivity index (χ4v) is 2.95. The summed E-state index contributed by atoms with van der Waals surface area (Å²) in [7, 11) is 0. The Kier molecular flexibility index (Phi) is 5.03. The van der Waals surface area contributed by atoms with Crippen LogP contribution in [0.1, 0.15) is 11.1 Å². The second-order valence-corrected chi connectivity index (χ2v) is 6.77. The van der Waals surface area contributed by atoms with Gasteiger partial charge in [-0.05, 0) is 51.8 Å². The molecule has 4 nitrogen and oxygen atoms in total. The number of rotatable bonds is 5. The number of fused-ring (bicyclic) bond motifs is 1. The number of hydrogen-bond acceptors (Lipinski definition) is 4. The summed E-state index contributed by atoms with van der Waals surface area (Å²) in [6.45, 7) is 4.80. The Hall–Kier alpha value is -1.79. The fourth-order valence-electron chi connectivity index (χ4n) is 2.18. The van der Waals surface area contributed by atoms with Crippen LogP contribution < -0.4 is 14.9 Å². The maximum atomic E-state index is 5.41. The van der Waals surface area contributed by atoms with Gasteiger partial charge in [0, 0.05) is 14.5 Å². The van der Waals surface area contributed by atoms with Gasteiger partial charge in [-0.2, -0.15) is 5.10 Å². The van der Waals surface area contributed by atoms with Gasteiger partial charge in [-0.1, -0.05) is 34.6 Å². The van der Waals surface area contributed by atoms with Gasteiger partial charge in [0.15, 0.2) is 11.5 Å². The standard InChI is InChI=1S/C17H14Br2N2O2/c1-11(18)17(13-5-6-15-16(8-13)23-10-22-15)21-20-9-12-3-2-4-14(19)7-12/h2-8,20H,1,9-10H2/b21-17+. The molecule has 0 fully saturated rings. The highest BCUT2D eigenvalue weighted by Gasteiger charge is 2.16. The molecule has 0 aromatic heterocycles. The van der Waals surface area contributed by atoms with Gasteiger partial charge in [0.2, 0.25) is 6.79 Å². The van der Waals surface area contributed by atoms with E-state index in [-0.39, 0.29) is 6.79 Å². The van der Waals surface area contributed by atoms with E-state index in [1.165, 1.54) is 0 Å². The SMILES string of the molecule is C=C(Br)/C(=N\NCc1cccc(Br)c1)c1ccc2c(c1)OCO2. The molecule has 3 rings (SSSR count). The average molecular weight is 438 g/mol. The van der Waals surface area contributed by atoms with Crippen molar-refractivity contribution in [3.8, 4) is 11.5 Å². The molecule has 0 radical (unpaired) electrons. The summed E-state index contributed by atoms with van der Waals surface area (Å²) in [6, 6.07) is 13.8. The maximum Gasteiger partial charge on any atom is 0.231 e. The van der Waals surface area contributed by atoms with E-state index in [0.717, 1.165) is 32.8 Å². The Balaban J connectivity index is 1.77. The van der Waals surface area contributed by atoms with Crippen molar-refractivity contribution in [2.45, 2.75) is 6.54 Å². The zero-order valence-electron chi connectivity index (χ0n) is 12.2. The molecule has 0 atom stereocenters. The van der Waals surface area contributed by atoms with Crippen LogP contribution in [0.4, 0.5) is 0 Å². The van der Waals surface area contributed by atoms with Crippen molar-refractivity contribution in [1.29, 1.82) is 0 Å². The Morgan fingerprint density at radius 1 is 1.17 bits per heavy atom. The van der Waals surface area contributed by atoms with Crippen LogP contribution in [0.25, 0.3) is 0 Å². The largest absolute Gasteiger partial charge is 0.454 e. The highest BCUT2D eigenvalue weighted by molar-refractivity contribution is 9.12. The van der Waals surface area contributed by atoms with Crippen LogP contribution in [0.3, 0.4) is 0 Å². The van der Waals surface area contributed by atoms with E-state index < -0.39 is 0 Å². The Morgan fingerprint density at radius 3 is 2.78 bits per heavy atom. The number of hydrogen-bond donors (Lipinski definition) is 1. The lowest BCUT2D eigenvalue weighted by molar-refractivity contribution is 0.174. The smallest absolute Gasteiger partial charge is 0.231 e. The van der Waals surface area contributed by atoms with Crippen LogP contribution in [-0.4, -0.2) is 12.5 Å². The molecule has 1 N–H and O–H groups in total. The second kappa shape index (κ2) is 7.19. The monoisotopic (exact) mass is 436 g/mol. The minimum atomic E-state index is 0.252. The molecule has 0 aliphatic carbocycles. The van der Waals surface area contributed by atoms with Crippen LogP contribution in [0.2, 0.25) is 0 Å². The zero-order valence-corrected chi connectivity index (χ0v) is 15.4. The molecule has 1 aliphatic heterocycles. The van der Waals surface area contributed by atoms with Crippen LogP contribution in [0, 0.1) is 0 Å². The molecule has 0 bridgehead atoms. The topological polar surface area (TPSA) is 42.9 Å². The van der Waals surface area contributed by atoms with E-state index in [2.05, 4.69) is 49.0 Å². The van der Waals surface area contributed by atoms with Gasteiger partial charge in [-0.15, -0.1) is 0 Å². The number of benzene rings is 2. The molecule has 23 heavy (non-hydrogen) atoms. The Morgan fingerprint density at radius 2 is 2.00 bits per heavy atom. The summed E-state index contributed by atoms with van der Waals surface area (Å²) < 4.78 is 12.5. The molecule has 0 amide bonds. The molecule has 0 saturated carbocycles. The van der Waals surface area contributed by atoms with Crippen molar-refractivity contribution in [3.63, 3.8) is 0 Å². The molecule has 2 aromatic rings. The molecule has 6 heteroatoms. The highest BCUT2D eigenvalue weighted by Crippen LogP contribution is 2.33. The minimum Gasteiger partial charge on any atom is -0.454 e. The van der Waals surface area contributed by atoms with E-state index in [4.69, 9.17) is 9.47 Å². The third-order valence-corrected chi connectivity index (χ3v) is 4.13. The number of ether oxygens (including phenoxy) is 2. The Bertz CT molecular complexity index is 775. The lowest BCUT2D eigenvalue weighted by Gasteiger charge is -2.08. The van der Waals surface area contributed by atoms with E-state index in [9.17, 15) is 0 Å². The van der Waals surface area contributed by atoms with E-state index in [0.29, 0.717) is 11.0 Å². The predicted octanol–water partition coefficient (Wildman–Crippen LogP) is 4.58. The first-order chi connectivity index (χ1) is 11.1. The van der Waals surface area contributed by atoms with Gasteiger partial charge in [0.1, 0.15) is 5.71 Å². The van der Waals surface area contributed by atoms with Gasteiger partial charge in [0.05, 0.1) is 6.54 Å². The maximum absolute atomic E-state index is 5.41. The lowest BCUT2D eigenvalue weighted by Crippen LogP contribution is -2.11. The van der Waals surface area contributed by atoms with Crippen molar-refractivity contribution in [2.24, 2.45) is 5.10 Å². The van der Waals surface area contributed by atoms with Crippen LogP contribution in [0.5, 0.6) is 11.5 Å². The number of hydrazone groups is 1.